The van der Waals surface area contributed by atoms with Crippen LogP contribution in [0.5, 0.6) is 5.75 Å². The first-order valence-electron chi connectivity index (χ1n) is 9.97. The van der Waals surface area contributed by atoms with Crippen molar-refractivity contribution in [2.45, 2.75) is 26.1 Å². The van der Waals surface area contributed by atoms with E-state index in [4.69, 9.17) is 14.5 Å². The van der Waals surface area contributed by atoms with E-state index in [0.29, 0.717) is 13.2 Å². The van der Waals surface area contributed by atoms with Crippen molar-refractivity contribution < 1.29 is 14.3 Å². The Labute approximate surface area is 175 Å². The van der Waals surface area contributed by atoms with E-state index in [9.17, 15) is 4.79 Å². The predicted octanol–water partition coefficient (Wildman–Crippen LogP) is 3.52. The number of ether oxygens (including phenoxy) is 2. The summed E-state index contributed by atoms with van der Waals surface area (Å²) in [6.07, 6.45) is 1.92. The van der Waals surface area contributed by atoms with Crippen LogP contribution in [0.2, 0.25) is 0 Å². The molecule has 1 amide bonds. The van der Waals surface area contributed by atoms with Gasteiger partial charge in [-0.05, 0) is 43.3 Å². The van der Waals surface area contributed by atoms with Gasteiger partial charge in [0, 0.05) is 30.8 Å². The normalized spacial score (nSPS) is 12.4. The van der Waals surface area contributed by atoms with Crippen LogP contribution in [0.1, 0.15) is 18.8 Å². The van der Waals surface area contributed by atoms with Crippen molar-refractivity contribution in [1.29, 1.82) is 0 Å². The van der Waals surface area contributed by atoms with E-state index in [-0.39, 0.29) is 18.5 Å². The Bertz CT molecular complexity index is 1180. The van der Waals surface area contributed by atoms with Crippen LogP contribution in [-0.2, 0) is 22.6 Å². The van der Waals surface area contributed by atoms with Gasteiger partial charge < -0.3 is 23.9 Å². The lowest BCUT2D eigenvalue weighted by Gasteiger charge is -2.17. The van der Waals surface area contributed by atoms with E-state index in [1.807, 2.05) is 66.2 Å². The Morgan fingerprint density at radius 2 is 1.97 bits per heavy atom. The number of fused-ring (bicyclic) bond motifs is 2. The number of amides is 1. The molecular formula is C23H26N4O3. The van der Waals surface area contributed by atoms with Gasteiger partial charge in [0.25, 0.3) is 0 Å². The number of hydrogen-bond donors (Lipinski definition) is 1. The highest BCUT2D eigenvalue weighted by atomic mass is 16.5. The highest BCUT2D eigenvalue weighted by Gasteiger charge is 2.18. The van der Waals surface area contributed by atoms with E-state index in [1.54, 1.807) is 14.2 Å². The van der Waals surface area contributed by atoms with Crippen LogP contribution in [0.4, 0.5) is 0 Å². The molecule has 0 saturated carbocycles. The van der Waals surface area contributed by atoms with Gasteiger partial charge in [0.05, 0.1) is 30.8 Å². The molecule has 0 bridgehead atoms. The van der Waals surface area contributed by atoms with Crippen LogP contribution in [0.15, 0.2) is 54.7 Å². The topological polar surface area (TPSA) is 70.3 Å². The Kier molecular flexibility index (Phi) is 5.72. The van der Waals surface area contributed by atoms with Crippen molar-refractivity contribution in [2.24, 2.45) is 0 Å². The molecule has 2 aromatic heterocycles. The van der Waals surface area contributed by atoms with Gasteiger partial charge >= 0.3 is 0 Å². The molecule has 0 spiro atoms. The van der Waals surface area contributed by atoms with Crippen molar-refractivity contribution in [1.82, 2.24) is 19.4 Å². The lowest BCUT2D eigenvalue weighted by Crippen LogP contribution is -2.31. The maximum absolute atomic E-state index is 12.8. The van der Waals surface area contributed by atoms with Gasteiger partial charge in [0.15, 0.2) is 0 Å². The second-order valence-electron chi connectivity index (χ2n) is 7.26. The Morgan fingerprint density at radius 1 is 1.13 bits per heavy atom. The van der Waals surface area contributed by atoms with E-state index in [1.165, 1.54) is 0 Å². The van der Waals surface area contributed by atoms with Crippen LogP contribution in [-0.4, -0.2) is 40.9 Å². The van der Waals surface area contributed by atoms with Crippen molar-refractivity contribution in [3.8, 4) is 5.75 Å². The molecule has 0 fully saturated rings. The number of imidazole rings is 1. The monoisotopic (exact) mass is 406 g/mol. The van der Waals surface area contributed by atoms with E-state index in [0.717, 1.165) is 33.5 Å². The summed E-state index contributed by atoms with van der Waals surface area (Å²) in [6, 6.07) is 15.6. The number of para-hydroxylation sites is 2. The second-order valence-corrected chi connectivity index (χ2v) is 7.26. The maximum atomic E-state index is 12.8. The zero-order valence-corrected chi connectivity index (χ0v) is 17.5. The van der Waals surface area contributed by atoms with Gasteiger partial charge in [0.2, 0.25) is 5.91 Å². The fraction of sp³-hybridized carbons (Fsp3) is 0.304. The Hall–Kier alpha value is -3.32. The second kappa shape index (κ2) is 8.59. The van der Waals surface area contributed by atoms with Crippen molar-refractivity contribution in [3.63, 3.8) is 0 Å². The highest BCUT2D eigenvalue weighted by molar-refractivity contribution is 5.84. The van der Waals surface area contributed by atoms with Crippen LogP contribution in [0.3, 0.4) is 0 Å². The molecule has 1 unspecified atom stereocenters. The summed E-state index contributed by atoms with van der Waals surface area (Å²) >= 11 is 0. The van der Waals surface area contributed by atoms with E-state index < -0.39 is 0 Å². The molecule has 0 saturated heterocycles. The summed E-state index contributed by atoms with van der Waals surface area (Å²) in [7, 11) is 3.33. The molecule has 0 radical (unpaired) electrons. The molecule has 30 heavy (non-hydrogen) atoms. The average Bonchev–Trinajstić information content (AvgIpc) is 3.33. The van der Waals surface area contributed by atoms with E-state index in [2.05, 4.69) is 9.88 Å². The number of nitrogens with one attached hydrogen (secondary N) is 1. The molecule has 1 atom stereocenters. The molecular weight excluding hydrogens is 380 g/mol. The maximum Gasteiger partial charge on any atom is 0.240 e. The number of rotatable bonds is 8. The number of carbonyl (C=O) groups is 1. The largest absolute Gasteiger partial charge is 0.497 e. The number of benzene rings is 2. The number of aromatic nitrogens is 3. The highest BCUT2D eigenvalue weighted by Crippen LogP contribution is 2.23. The van der Waals surface area contributed by atoms with E-state index >= 15 is 0 Å². The third-order valence-corrected chi connectivity index (χ3v) is 5.26. The number of carbonyl (C=O) groups excluding carboxylic acids is 1. The van der Waals surface area contributed by atoms with Gasteiger partial charge in [-0.1, -0.05) is 12.1 Å². The molecule has 0 aliphatic carbocycles. The minimum Gasteiger partial charge on any atom is -0.497 e. The molecule has 0 aliphatic heterocycles. The minimum atomic E-state index is -0.233. The first-order valence-corrected chi connectivity index (χ1v) is 9.97. The van der Waals surface area contributed by atoms with Gasteiger partial charge in [-0.3, -0.25) is 4.79 Å². The summed E-state index contributed by atoms with van der Waals surface area (Å²) in [5.41, 5.74) is 2.94. The fourth-order valence-electron chi connectivity index (χ4n) is 3.79. The van der Waals surface area contributed by atoms with Gasteiger partial charge in [-0.2, -0.15) is 0 Å². The molecule has 1 N–H and O–H groups in total. The van der Waals surface area contributed by atoms with Crippen molar-refractivity contribution in [3.05, 3.63) is 60.6 Å². The summed E-state index contributed by atoms with van der Waals surface area (Å²) in [5, 5.41) is 4.13. The fourth-order valence-corrected chi connectivity index (χ4v) is 3.79. The number of hydrogen-bond acceptors (Lipinski definition) is 4. The van der Waals surface area contributed by atoms with Gasteiger partial charge in [0.1, 0.15) is 18.1 Å². The molecule has 0 aliphatic rings. The summed E-state index contributed by atoms with van der Waals surface area (Å²) < 4.78 is 14.6. The Balaban J connectivity index is 1.52. The standard InChI is InChI=1S/C23H26N4O3/c1-16(23-25-19-6-4-5-7-21(19)27(23)12-13-29-2)24-22(28)15-26-11-10-17-14-18(30-3)8-9-20(17)26/h4-11,14,16H,12-13,15H2,1-3H3,(H,24,28). The molecule has 4 rings (SSSR count). The van der Waals surface area contributed by atoms with Crippen LogP contribution < -0.4 is 10.1 Å². The third kappa shape index (κ3) is 3.89. The minimum absolute atomic E-state index is 0.0684. The SMILES string of the molecule is COCCn1c(C(C)NC(=O)Cn2ccc3cc(OC)ccc32)nc2ccccc21. The molecule has 7 heteroatoms. The lowest BCUT2D eigenvalue weighted by molar-refractivity contribution is -0.122. The summed E-state index contributed by atoms with van der Waals surface area (Å²) in [4.78, 5) is 17.5. The summed E-state index contributed by atoms with van der Waals surface area (Å²) in [5.74, 6) is 1.55. The lowest BCUT2D eigenvalue weighted by atomic mass is 10.2. The molecule has 2 heterocycles. The third-order valence-electron chi connectivity index (χ3n) is 5.26. The Morgan fingerprint density at radius 3 is 2.77 bits per heavy atom. The predicted molar refractivity (Wildman–Crippen MR) is 117 cm³/mol. The molecule has 7 nitrogen and oxygen atoms in total. The summed E-state index contributed by atoms with van der Waals surface area (Å²) in [6.45, 7) is 3.45. The molecule has 4 aromatic rings. The smallest absolute Gasteiger partial charge is 0.240 e. The number of methoxy groups -OCH3 is 2. The molecule has 2 aromatic carbocycles. The van der Waals surface area contributed by atoms with Crippen molar-refractivity contribution >= 4 is 27.8 Å². The van der Waals surface area contributed by atoms with Crippen LogP contribution >= 0.6 is 0 Å². The van der Waals surface area contributed by atoms with Gasteiger partial charge in [-0.15, -0.1) is 0 Å². The van der Waals surface area contributed by atoms with Crippen molar-refractivity contribution in [2.75, 3.05) is 20.8 Å². The van der Waals surface area contributed by atoms with Gasteiger partial charge in [-0.25, -0.2) is 4.98 Å². The average molecular weight is 406 g/mol. The first kappa shape index (κ1) is 20.0. The van der Waals surface area contributed by atoms with Crippen LogP contribution in [0, 0.1) is 0 Å². The quantitative estimate of drug-likeness (QED) is 0.486. The zero-order chi connectivity index (χ0) is 21.1. The first-order chi connectivity index (χ1) is 14.6. The number of nitrogens with zero attached hydrogens (tertiary/aromatic N) is 3. The zero-order valence-electron chi connectivity index (χ0n) is 17.5. The van der Waals surface area contributed by atoms with Crippen LogP contribution in [0.25, 0.3) is 21.9 Å². The molecule has 156 valence electrons.